The van der Waals surface area contributed by atoms with E-state index in [4.69, 9.17) is 11.6 Å². The lowest BCUT2D eigenvalue weighted by Gasteiger charge is -2.09. The zero-order valence-corrected chi connectivity index (χ0v) is 16.9. The van der Waals surface area contributed by atoms with E-state index in [2.05, 4.69) is 31.9 Å². The van der Waals surface area contributed by atoms with Crippen LogP contribution in [0.25, 0.3) is 22.7 Å². The Bertz CT molecular complexity index is 1260. The molecule has 2 aromatic carbocycles. The molecule has 0 spiro atoms. The Morgan fingerprint density at radius 2 is 1.59 bits per heavy atom. The Kier molecular flexibility index (Phi) is 4.79. The summed E-state index contributed by atoms with van der Waals surface area (Å²) in [4.78, 5) is 4.66. The first-order chi connectivity index (χ1) is 14.3. The third-order valence-electron chi connectivity index (χ3n) is 4.49. The number of pyridine rings is 1. The molecule has 0 radical (unpaired) electrons. The second-order valence-electron chi connectivity index (χ2n) is 6.48. The molecule has 29 heavy (non-hydrogen) atoms. The molecule has 0 amide bonds. The highest BCUT2D eigenvalue weighted by molar-refractivity contribution is 7.98. The number of benzene rings is 2. The van der Waals surface area contributed by atoms with Gasteiger partial charge in [0, 0.05) is 29.4 Å². The Balaban J connectivity index is 1.50. The van der Waals surface area contributed by atoms with Crippen LogP contribution in [0.4, 0.5) is 0 Å². The van der Waals surface area contributed by atoms with E-state index in [1.165, 1.54) is 0 Å². The third kappa shape index (κ3) is 3.64. The topological polar surface area (TPSA) is 48.0 Å². The fraction of sp³-hybridized carbons (Fsp3) is 0.0455. The van der Waals surface area contributed by atoms with Crippen LogP contribution < -0.4 is 0 Å². The highest BCUT2D eigenvalue weighted by Crippen LogP contribution is 2.29. The molecule has 0 aliphatic heterocycles. The number of imidazole rings is 1. The molecule has 0 bridgehead atoms. The van der Waals surface area contributed by atoms with Gasteiger partial charge in [0.25, 0.3) is 0 Å². The molecule has 5 aromatic rings. The summed E-state index contributed by atoms with van der Waals surface area (Å²) >= 11 is 7.69. The third-order valence-corrected chi connectivity index (χ3v) is 5.68. The smallest absolute Gasteiger partial charge is 0.196 e. The van der Waals surface area contributed by atoms with Crippen molar-refractivity contribution in [1.82, 2.24) is 24.1 Å². The van der Waals surface area contributed by atoms with Crippen LogP contribution >= 0.6 is 23.4 Å². The average Bonchev–Trinajstić information content (AvgIpc) is 3.37. The zero-order valence-electron chi connectivity index (χ0n) is 15.3. The van der Waals surface area contributed by atoms with Crippen molar-refractivity contribution in [2.45, 2.75) is 10.9 Å². The van der Waals surface area contributed by atoms with Gasteiger partial charge < -0.3 is 4.40 Å². The molecule has 142 valence electrons. The van der Waals surface area contributed by atoms with Crippen LogP contribution in [0.15, 0.2) is 90.3 Å². The van der Waals surface area contributed by atoms with Crippen molar-refractivity contribution in [1.29, 1.82) is 0 Å². The maximum absolute atomic E-state index is 6.08. The van der Waals surface area contributed by atoms with Crippen molar-refractivity contribution in [3.8, 4) is 17.1 Å². The van der Waals surface area contributed by atoms with Gasteiger partial charge in [0.1, 0.15) is 5.65 Å². The largest absolute Gasteiger partial charge is 0.305 e. The summed E-state index contributed by atoms with van der Waals surface area (Å²) in [5.74, 6) is 1.50. The molecule has 0 saturated heterocycles. The summed E-state index contributed by atoms with van der Waals surface area (Å²) in [5, 5.41) is 10.5. The average molecular weight is 418 g/mol. The van der Waals surface area contributed by atoms with E-state index >= 15 is 0 Å². The predicted molar refractivity (Wildman–Crippen MR) is 117 cm³/mol. The minimum atomic E-state index is 0.680. The maximum Gasteiger partial charge on any atom is 0.196 e. The minimum absolute atomic E-state index is 0.680. The first kappa shape index (κ1) is 18.0. The second kappa shape index (κ2) is 7.73. The Morgan fingerprint density at radius 3 is 2.38 bits per heavy atom. The van der Waals surface area contributed by atoms with Gasteiger partial charge in [0.2, 0.25) is 0 Å². The molecular formula is C22H16ClN5S. The van der Waals surface area contributed by atoms with Gasteiger partial charge >= 0.3 is 0 Å². The highest BCUT2D eigenvalue weighted by atomic mass is 35.5. The van der Waals surface area contributed by atoms with Crippen molar-refractivity contribution in [3.05, 3.63) is 95.9 Å². The Labute approximate surface area is 177 Å². The maximum atomic E-state index is 6.08. The quantitative estimate of drug-likeness (QED) is 0.353. The van der Waals surface area contributed by atoms with Crippen LogP contribution in [-0.2, 0) is 5.75 Å². The normalized spacial score (nSPS) is 11.2. The van der Waals surface area contributed by atoms with Gasteiger partial charge in [-0.05, 0) is 24.3 Å². The molecule has 5 rings (SSSR count). The van der Waals surface area contributed by atoms with E-state index in [-0.39, 0.29) is 0 Å². The number of hydrogen-bond acceptors (Lipinski definition) is 4. The molecule has 3 aromatic heterocycles. The zero-order chi connectivity index (χ0) is 19.6. The second-order valence-corrected chi connectivity index (χ2v) is 7.86. The number of para-hydroxylation sites is 1. The van der Waals surface area contributed by atoms with E-state index in [1.807, 2.05) is 77.5 Å². The van der Waals surface area contributed by atoms with Crippen molar-refractivity contribution < 1.29 is 0 Å². The number of aromatic nitrogens is 5. The van der Waals surface area contributed by atoms with Crippen molar-refractivity contribution in [2.75, 3.05) is 0 Å². The predicted octanol–water partition coefficient (Wildman–Crippen LogP) is 5.53. The molecule has 0 aliphatic carbocycles. The summed E-state index contributed by atoms with van der Waals surface area (Å²) in [6.45, 7) is 0. The monoisotopic (exact) mass is 417 g/mol. The molecule has 5 nitrogen and oxygen atoms in total. The Morgan fingerprint density at radius 1 is 0.828 bits per heavy atom. The molecule has 0 atom stereocenters. The first-order valence-corrected chi connectivity index (χ1v) is 10.5. The van der Waals surface area contributed by atoms with E-state index in [1.54, 1.807) is 11.8 Å². The molecule has 3 heterocycles. The number of hydrogen-bond donors (Lipinski definition) is 0. The lowest BCUT2D eigenvalue weighted by Crippen LogP contribution is -1.99. The van der Waals surface area contributed by atoms with Crippen LogP contribution in [-0.4, -0.2) is 24.1 Å². The van der Waals surface area contributed by atoms with Crippen molar-refractivity contribution >= 4 is 29.0 Å². The lowest BCUT2D eigenvalue weighted by atomic mass is 10.2. The molecule has 0 saturated carbocycles. The van der Waals surface area contributed by atoms with E-state index < -0.39 is 0 Å². The van der Waals surface area contributed by atoms with Crippen LogP contribution in [0, 0.1) is 0 Å². The number of rotatable bonds is 5. The fourth-order valence-corrected chi connectivity index (χ4v) is 4.18. The molecule has 0 fully saturated rings. The number of nitrogens with zero attached hydrogens (tertiary/aromatic N) is 5. The van der Waals surface area contributed by atoms with Gasteiger partial charge in [0.05, 0.1) is 10.7 Å². The van der Waals surface area contributed by atoms with Gasteiger partial charge in [-0.2, -0.15) is 0 Å². The SMILES string of the molecule is Clc1ccc2nc(CSc3nnc(-c4ccccc4)n3-c3ccccc3)cn2c1. The van der Waals surface area contributed by atoms with Crippen molar-refractivity contribution in [2.24, 2.45) is 0 Å². The van der Waals surface area contributed by atoms with Gasteiger partial charge in [-0.3, -0.25) is 4.57 Å². The van der Waals surface area contributed by atoms with Crippen molar-refractivity contribution in [3.63, 3.8) is 0 Å². The number of halogens is 1. The van der Waals surface area contributed by atoms with E-state index in [9.17, 15) is 0 Å². The lowest BCUT2D eigenvalue weighted by molar-refractivity contribution is 0.885. The van der Waals surface area contributed by atoms with E-state index in [0.717, 1.165) is 33.6 Å². The number of fused-ring (bicyclic) bond motifs is 1. The highest BCUT2D eigenvalue weighted by Gasteiger charge is 2.16. The summed E-state index contributed by atoms with van der Waals surface area (Å²) in [6.07, 6.45) is 3.85. The molecule has 0 unspecified atom stereocenters. The van der Waals surface area contributed by atoms with E-state index in [0.29, 0.717) is 10.8 Å². The standard InChI is InChI=1S/C22H16ClN5S/c23-17-11-12-20-24-18(14-27(20)13-17)15-29-22-26-25-21(16-7-3-1-4-8-16)28(22)19-9-5-2-6-10-19/h1-14H,15H2. The molecular weight excluding hydrogens is 402 g/mol. The number of thioether (sulfide) groups is 1. The fourth-order valence-electron chi connectivity index (χ4n) is 3.17. The minimum Gasteiger partial charge on any atom is -0.305 e. The van der Waals surface area contributed by atoms with Crippen LogP contribution in [0.5, 0.6) is 0 Å². The van der Waals surface area contributed by atoms with Crippen LogP contribution in [0.1, 0.15) is 5.69 Å². The van der Waals surface area contributed by atoms with Gasteiger partial charge in [0.15, 0.2) is 11.0 Å². The summed E-state index contributed by atoms with van der Waals surface area (Å²) in [7, 11) is 0. The first-order valence-electron chi connectivity index (χ1n) is 9.10. The molecule has 7 heteroatoms. The van der Waals surface area contributed by atoms with Crippen LogP contribution in [0.2, 0.25) is 5.02 Å². The summed E-state index contributed by atoms with van der Waals surface area (Å²) in [5.41, 5.74) is 3.89. The summed E-state index contributed by atoms with van der Waals surface area (Å²) < 4.78 is 4.03. The van der Waals surface area contributed by atoms with Gasteiger partial charge in [-0.15, -0.1) is 10.2 Å². The van der Waals surface area contributed by atoms with Gasteiger partial charge in [-0.25, -0.2) is 4.98 Å². The van der Waals surface area contributed by atoms with Crippen LogP contribution in [0.3, 0.4) is 0 Å². The Hall–Kier alpha value is -3.09. The summed E-state index contributed by atoms with van der Waals surface area (Å²) in [6, 6.07) is 24.0. The molecule has 0 aliphatic rings. The van der Waals surface area contributed by atoms with Gasteiger partial charge in [-0.1, -0.05) is 71.9 Å². The molecule has 0 N–H and O–H groups in total.